The number of aromatic nitrogens is 2. The van der Waals surface area contributed by atoms with E-state index in [4.69, 9.17) is 0 Å². The van der Waals surface area contributed by atoms with Gasteiger partial charge in [-0.2, -0.15) is 0 Å². The molecule has 2 heterocycles. The number of hydrogen-bond donors (Lipinski definition) is 3. The number of unbranched alkanes of at least 4 members (excludes halogenated alkanes) is 1. The fourth-order valence-corrected chi connectivity index (χ4v) is 3.02. The van der Waals surface area contributed by atoms with Crippen LogP contribution in [0.25, 0.3) is 11.0 Å². The normalized spacial score (nSPS) is 22.1. The van der Waals surface area contributed by atoms with Gasteiger partial charge in [0.25, 0.3) is 0 Å². The van der Waals surface area contributed by atoms with Gasteiger partial charge in [0, 0.05) is 18.2 Å². The molecule has 0 spiro atoms. The summed E-state index contributed by atoms with van der Waals surface area (Å²) in [5, 5.41) is 14.1. The second kappa shape index (κ2) is 5.42. The minimum atomic E-state index is -0.570. The van der Waals surface area contributed by atoms with Gasteiger partial charge in [0.2, 0.25) is 0 Å². The van der Waals surface area contributed by atoms with Crippen LogP contribution >= 0.6 is 0 Å². The first-order valence-corrected chi connectivity index (χ1v) is 7.35. The number of rotatable bonds is 4. The Kier molecular flexibility index (Phi) is 3.63. The van der Waals surface area contributed by atoms with E-state index in [9.17, 15) is 9.90 Å². The monoisotopic (exact) mass is 275 g/mol. The fourth-order valence-electron chi connectivity index (χ4n) is 3.02. The molecule has 20 heavy (non-hydrogen) atoms. The molecule has 0 fully saturated rings. The van der Waals surface area contributed by atoms with Crippen molar-refractivity contribution < 1.29 is 5.11 Å². The maximum atomic E-state index is 12.0. The SMILES string of the molecule is CCCCNC1CCn2c(=O)[nH]c3cccc(c32)C1O. The first kappa shape index (κ1) is 13.4. The molecule has 0 aliphatic carbocycles. The predicted molar refractivity (Wildman–Crippen MR) is 78.8 cm³/mol. The zero-order chi connectivity index (χ0) is 14.1. The lowest BCUT2D eigenvalue weighted by Gasteiger charge is -2.22. The van der Waals surface area contributed by atoms with Crippen LogP contribution in [0, 0.1) is 0 Å². The zero-order valence-corrected chi connectivity index (χ0v) is 11.7. The topological polar surface area (TPSA) is 70.0 Å². The van der Waals surface area contributed by atoms with Crippen molar-refractivity contribution in [2.45, 2.75) is 44.9 Å². The molecule has 108 valence electrons. The van der Waals surface area contributed by atoms with Crippen molar-refractivity contribution in [2.75, 3.05) is 6.54 Å². The molecule has 0 bridgehead atoms. The molecule has 5 nitrogen and oxygen atoms in total. The van der Waals surface area contributed by atoms with Crippen molar-refractivity contribution in [3.8, 4) is 0 Å². The molecule has 0 amide bonds. The summed E-state index contributed by atoms with van der Waals surface area (Å²) in [6, 6.07) is 5.69. The lowest BCUT2D eigenvalue weighted by atomic mass is 10.00. The molecule has 3 N–H and O–H groups in total. The van der Waals surface area contributed by atoms with E-state index in [1.165, 1.54) is 0 Å². The molecular weight excluding hydrogens is 254 g/mol. The number of aliphatic hydroxyl groups is 1. The summed E-state index contributed by atoms with van der Waals surface area (Å²) in [4.78, 5) is 14.8. The van der Waals surface area contributed by atoms with Gasteiger partial charge in [-0.3, -0.25) is 4.57 Å². The Balaban J connectivity index is 1.97. The van der Waals surface area contributed by atoms with Gasteiger partial charge < -0.3 is 15.4 Å². The van der Waals surface area contributed by atoms with Crippen LogP contribution in [-0.4, -0.2) is 27.2 Å². The molecule has 5 heteroatoms. The third-order valence-corrected chi connectivity index (χ3v) is 4.12. The molecule has 2 unspecified atom stereocenters. The quantitative estimate of drug-likeness (QED) is 0.741. The minimum Gasteiger partial charge on any atom is -0.387 e. The number of aliphatic hydroxyl groups excluding tert-OH is 1. The van der Waals surface area contributed by atoms with Gasteiger partial charge >= 0.3 is 5.69 Å². The van der Waals surface area contributed by atoms with E-state index >= 15 is 0 Å². The van der Waals surface area contributed by atoms with Gasteiger partial charge in [-0.05, 0) is 25.5 Å². The Morgan fingerprint density at radius 1 is 1.50 bits per heavy atom. The Morgan fingerprint density at radius 3 is 3.15 bits per heavy atom. The standard InChI is InChI=1S/C15H21N3O2/c1-2-3-8-16-12-7-9-18-13-10(14(12)19)5-4-6-11(13)17-15(18)20/h4-6,12,14,16,19H,2-3,7-9H2,1H3,(H,17,20). The van der Waals surface area contributed by atoms with Gasteiger partial charge in [0.05, 0.1) is 17.1 Å². The number of para-hydroxylation sites is 1. The molecule has 2 atom stereocenters. The van der Waals surface area contributed by atoms with Gasteiger partial charge in [-0.1, -0.05) is 25.5 Å². The highest BCUT2D eigenvalue weighted by Crippen LogP contribution is 2.29. The predicted octanol–water partition coefficient (Wildman–Crippen LogP) is 1.52. The average molecular weight is 275 g/mol. The maximum absolute atomic E-state index is 12.0. The Bertz CT molecular complexity index is 659. The van der Waals surface area contributed by atoms with Crippen LogP contribution in [0.1, 0.15) is 37.9 Å². The van der Waals surface area contributed by atoms with E-state index in [1.54, 1.807) is 4.57 Å². The highest BCUT2D eigenvalue weighted by molar-refractivity contribution is 5.79. The fraction of sp³-hybridized carbons (Fsp3) is 0.533. The van der Waals surface area contributed by atoms with E-state index in [0.29, 0.717) is 6.54 Å². The number of H-pyrrole nitrogens is 1. The summed E-state index contributed by atoms with van der Waals surface area (Å²) >= 11 is 0. The molecule has 2 aromatic rings. The zero-order valence-electron chi connectivity index (χ0n) is 11.7. The van der Waals surface area contributed by atoms with E-state index in [1.807, 2.05) is 18.2 Å². The van der Waals surface area contributed by atoms with Crippen molar-refractivity contribution in [3.63, 3.8) is 0 Å². The lowest BCUT2D eigenvalue weighted by Crippen LogP contribution is -2.36. The third kappa shape index (κ3) is 2.17. The second-order valence-electron chi connectivity index (χ2n) is 5.47. The second-order valence-corrected chi connectivity index (χ2v) is 5.47. The lowest BCUT2D eigenvalue weighted by molar-refractivity contribution is 0.125. The Hall–Kier alpha value is -1.59. The highest BCUT2D eigenvalue weighted by atomic mass is 16.3. The Labute approximate surface area is 117 Å². The number of imidazole rings is 1. The number of nitrogens with one attached hydrogen (secondary N) is 2. The minimum absolute atomic E-state index is 0.00597. The summed E-state index contributed by atoms with van der Waals surface area (Å²) < 4.78 is 1.75. The molecule has 0 saturated carbocycles. The molecule has 1 aromatic heterocycles. The van der Waals surface area contributed by atoms with Crippen LogP contribution in [-0.2, 0) is 6.54 Å². The summed E-state index contributed by atoms with van der Waals surface area (Å²) in [5.41, 5.74) is 2.41. The third-order valence-electron chi connectivity index (χ3n) is 4.12. The summed E-state index contributed by atoms with van der Waals surface area (Å²) in [6.07, 6.45) is 2.41. The molecular formula is C15H21N3O2. The van der Waals surface area contributed by atoms with Crippen LogP contribution in [0.2, 0.25) is 0 Å². The van der Waals surface area contributed by atoms with Crippen LogP contribution < -0.4 is 11.0 Å². The van der Waals surface area contributed by atoms with Crippen LogP contribution in [0.3, 0.4) is 0 Å². The molecule has 0 radical (unpaired) electrons. The van der Waals surface area contributed by atoms with Gasteiger partial charge in [0.15, 0.2) is 0 Å². The molecule has 1 aliphatic heterocycles. The van der Waals surface area contributed by atoms with Crippen LogP contribution in [0.15, 0.2) is 23.0 Å². The number of benzene rings is 1. The van der Waals surface area contributed by atoms with Crippen molar-refractivity contribution >= 4 is 11.0 Å². The maximum Gasteiger partial charge on any atom is 0.326 e. The summed E-state index contributed by atoms with van der Waals surface area (Å²) in [7, 11) is 0. The van der Waals surface area contributed by atoms with Crippen LogP contribution in [0.5, 0.6) is 0 Å². The number of hydrogen-bond acceptors (Lipinski definition) is 3. The summed E-state index contributed by atoms with van der Waals surface area (Å²) in [6.45, 7) is 3.69. The van der Waals surface area contributed by atoms with Gasteiger partial charge in [-0.25, -0.2) is 4.79 Å². The number of aryl methyl sites for hydroxylation is 1. The van der Waals surface area contributed by atoms with E-state index in [2.05, 4.69) is 17.2 Å². The molecule has 1 aromatic carbocycles. The molecule has 0 saturated heterocycles. The van der Waals surface area contributed by atoms with E-state index in [0.717, 1.165) is 42.4 Å². The van der Waals surface area contributed by atoms with Crippen molar-refractivity contribution in [2.24, 2.45) is 0 Å². The van der Waals surface area contributed by atoms with Crippen molar-refractivity contribution in [1.82, 2.24) is 14.9 Å². The highest BCUT2D eigenvalue weighted by Gasteiger charge is 2.27. The first-order chi connectivity index (χ1) is 9.72. The average Bonchev–Trinajstić information content (AvgIpc) is 2.69. The van der Waals surface area contributed by atoms with Crippen molar-refractivity contribution in [1.29, 1.82) is 0 Å². The van der Waals surface area contributed by atoms with Crippen LogP contribution in [0.4, 0.5) is 0 Å². The van der Waals surface area contributed by atoms with E-state index < -0.39 is 6.10 Å². The smallest absolute Gasteiger partial charge is 0.326 e. The van der Waals surface area contributed by atoms with Crippen molar-refractivity contribution in [3.05, 3.63) is 34.2 Å². The van der Waals surface area contributed by atoms with E-state index in [-0.39, 0.29) is 11.7 Å². The molecule has 3 rings (SSSR count). The largest absolute Gasteiger partial charge is 0.387 e. The summed E-state index contributed by atoms with van der Waals surface area (Å²) in [5.74, 6) is 0. The first-order valence-electron chi connectivity index (χ1n) is 7.35. The molecule has 1 aliphatic rings. The van der Waals surface area contributed by atoms with Gasteiger partial charge in [0.1, 0.15) is 0 Å². The van der Waals surface area contributed by atoms with Gasteiger partial charge in [-0.15, -0.1) is 0 Å². The Morgan fingerprint density at radius 2 is 2.35 bits per heavy atom. The number of aromatic amines is 1. The number of nitrogens with zero attached hydrogens (tertiary/aromatic N) is 1.